The molecule has 0 aliphatic carbocycles. The van der Waals surface area contributed by atoms with E-state index in [1.807, 2.05) is 13.0 Å². The number of fused-ring (bicyclic) bond motifs is 1. The summed E-state index contributed by atoms with van der Waals surface area (Å²) in [6.45, 7) is 2.15. The molecule has 1 saturated heterocycles. The maximum atomic E-state index is 12.7. The van der Waals surface area contributed by atoms with Crippen LogP contribution in [0.4, 0.5) is 0 Å². The molecule has 1 aromatic carbocycles. The van der Waals surface area contributed by atoms with Crippen LogP contribution in [0.2, 0.25) is 0 Å². The molecule has 1 aliphatic rings. The van der Waals surface area contributed by atoms with E-state index in [4.69, 9.17) is 0 Å². The van der Waals surface area contributed by atoms with Gasteiger partial charge in [0, 0.05) is 25.9 Å². The molecule has 0 bridgehead atoms. The molecule has 2 aromatic rings. The number of carboxylic acids is 1. The van der Waals surface area contributed by atoms with E-state index in [9.17, 15) is 24.6 Å². The Morgan fingerprint density at radius 2 is 2.11 bits per heavy atom. The minimum Gasteiger partial charge on any atom is -0.481 e. The number of aliphatic carboxylic acids is 1. The predicted octanol–water partition coefficient (Wildman–Crippen LogP) is 1.32. The number of amides is 1. The maximum absolute atomic E-state index is 12.7. The summed E-state index contributed by atoms with van der Waals surface area (Å²) in [4.78, 5) is 45.3. The molecule has 8 nitrogen and oxygen atoms in total. The topological polar surface area (TPSA) is 124 Å². The van der Waals surface area contributed by atoms with Crippen LogP contribution in [-0.2, 0) is 16.0 Å². The van der Waals surface area contributed by atoms with Gasteiger partial charge in [0.05, 0.1) is 17.1 Å². The molecule has 1 amide bonds. The van der Waals surface area contributed by atoms with Crippen molar-refractivity contribution in [2.24, 2.45) is 5.41 Å². The monoisotopic (exact) mass is 387 g/mol. The van der Waals surface area contributed by atoms with Gasteiger partial charge in [-0.2, -0.15) is 0 Å². The number of carbonyl (C=O) groups excluding carboxylic acids is 1. The molecule has 3 N–H and O–H groups in total. The SMILES string of the molecule is CCC[C@@]1(C(=O)O)CN(C(=O)CCc2nc3ccccc3[nH]c2=O)CC[C@@H]1O. The summed E-state index contributed by atoms with van der Waals surface area (Å²) in [5.74, 6) is -1.31. The fraction of sp³-hybridized carbons (Fsp3) is 0.500. The Labute approximate surface area is 162 Å². The maximum Gasteiger partial charge on any atom is 0.314 e. The fourth-order valence-electron chi connectivity index (χ4n) is 3.92. The number of nitrogens with zero attached hydrogens (tertiary/aromatic N) is 2. The predicted molar refractivity (Wildman–Crippen MR) is 103 cm³/mol. The average Bonchev–Trinajstić information content (AvgIpc) is 2.67. The first-order valence-electron chi connectivity index (χ1n) is 9.54. The lowest BCUT2D eigenvalue weighted by atomic mass is 9.74. The van der Waals surface area contributed by atoms with E-state index in [2.05, 4.69) is 9.97 Å². The molecule has 150 valence electrons. The lowest BCUT2D eigenvalue weighted by molar-refractivity contribution is -0.166. The molecule has 1 aliphatic heterocycles. The number of aliphatic hydroxyl groups excluding tert-OH is 1. The van der Waals surface area contributed by atoms with Crippen LogP contribution in [0.15, 0.2) is 29.1 Å². The number of piperidine rings is 1. The van der Waals surface area contributed by atoms with Crippen LogP contribution in [0.25, 0.3) is 11.0 Å². The highest BCUT2D eigenvalue weighted by Gasteiger charge is 2.49. The van der Waals surface area contributed by atoms with Crippen molar-refractivity contribution in [3.63, 3.8) is 0 Å². The Bertz CT molecular complexity index is 941. The normalized spacial score (nSPS) is 22.4. The second-order valence-corrected chi connectivity index (χ2v) is 7.36. The van der Waals surface area contributed by atoms with Crippen molar-refractivity contribution >= 4 is 22.9 Å². The zero-order valence-electron chi connectivity index (χ0n) is 15.9. The lowest BCUT2D eigenvalue weighted by Crippen LogP contribution is -2.57. The number of para-hydroxylation sites is 2. The average molecular weight is 387 g/mol. The molecule has 3 rings (SSSR count). The number of likely N-dealkylation sites (tertiary alicyclic amines) is 1. The van der Waals surface area contributed by atoms with Gasteiger partial charge in [0.1, 0.15) is 11.1 Å². The summed E-state index contributed by atoms with van der Waals surface area (Å²) >= 11 is 0. The van der Waals surface area contributed by atoms with Gasteiger partial charge in [-0.1, -0.05) is 25.5 Å². The van der Waals surface area contributed by atoms with Gasteiger partial charge in [-0.05, 0) is 25.0 Å². The highest BCUT2D eigenvalue weighted by Crippen LogP contribution is 2.35. The fourth-order valence-corrected chi connectivity index (χ4v) is 3.92. The molecule has 0 saturated carbocycles. The van der Waals surface area contributed by atoms with Gasteiger partial charge >= 0.3 is 5.97 Å². The smallest absolute Gasteiger partial charge is 0.314 e. The number of carboxylic acid groups (broad SMARTS) is 1. The van der Waals surface area contributed by atoms with E-state index in [1.165, 1.54) is 4.90 Å². The van der Waals surface area contributed by atoms with Gasteiger partial charge in [-0.3, -0.25) is 14.4 Å². The van der Waals surface area contributed by atoms with Crippen molar-refractivity contribution in [2.75, 3.05) is 13.1 Å². The summed E-state index contributed by atoms with van der Waals surface area (Å²) < 4.78 is 0. The first-order chi connectivity index (χ1) is 13.4. The Kier molecular flexibility index (Phi) is 5.79. The molecule has 2 atom stereocenters. The molecule has 0 spiro atoms. The number of aryl methyl sites for hydroxylation is 1. The van der Waals surface area contributed by atoms with Gasteiger partial charge in [-0.25, -0.2) is 4.98 Å². The Balaban J connectivity index is 1.72. The second kappa shape index (κ2) is 8.10. The van der Waals surface area contributed by atoms with Crippen LogP contribution in [0, 0.1) is 5.41 Å². The molecule has 0 radical (unpaired) electrons. The van der Waals surface area contributed by atoms with Gasteiger partial charge in [0.25, 0.3) is 5.56 Å². The van der Waals surface area contributed by atoms with E-state index in [0.717, 1.165) is 0 Å². The van der Waals surface area contributed by atoms with Crippen molar-refractivity contribution in [3.8, 4) is 0 Å². The van der Waals surface area contributed by atoms with E-state index >= 15 is 0 Å². The van der Waals surface area contributed by atoms with E-state index in [-0.39, 0.29) is 43.0 Å². The van der Waals surface area contributed by atoms with E-state index in [1.54, 1.807) is 18.2 Å². The minimum atomic E-state index is -1.33. The third-order valence-corrected chi connectivity index (χ3v) is 5.50. The summed E-state index contributed by atoms with van der Waals surface area (Å²) in [6, 6.07) is 7.17. The van der Waals surface area contributed by atoms with Crippen molar-refractivity contribution in [1.82, 2.24) is 14.9 Å². The standard InChI is InChI=1S/C20H25N3O5/c1-2-10-20(19(27)28)12-23(11-9-16(20)24)17(25)8-7-15-18(26)22-14-6-4-3-5-13(14)21-15/h3-6,16,24H,2,7-12H2,1H3,(H,22,26)(H,27,28)/t16-,20+/m0/s1. The number of aromatic nitrogens is 2. The summed E-state index contributed by atoms with van der Waals surface area (Å²) in [5.41, 5.74) is -0.0908. The summed E-state index contributed by atoms with van der Waals surface area (Å²) in [7, 11) is 0. The highest BCUT2D eigenvalue weighted by atomic mass is 16.4. The third-order valence-electron chi connectivity index (χ3n) is 5.50. The van der Waals surface area contributed by atoms with Crippen LogP contribution in [0.1, 0.15) is 38.3 Å². The van der Waals surface area contributed by atoms with E-state index in [0.29, 0.717) is 30.4 Å². The number of H-pyrrole nitrogens is 1. The number of carbonyl (C=O) groups is 2. The number of hydrogen-bond donors (Lipinski definition) is 3. The third kappa shape index (κ3) is 3.77. The molecular weight excluding hydrogens is 362 g/mol. The van der Waals surface area contributed by atoms with E-state index < -0.39 is 17.5 Å². The molecule has 0 unspecified atom stereocenters. The van der Waals surface area contributed by atoms with Crippen LogP contribution < -0.4 is 5.56 Å². The molecular formula is C20H25N3O5. The van der Waals surface area contributed by atoms with Gasteiger partial charge in [-0.15, -0.1) is 0 Å². The molecule has 8 heteroatoms. The Hall–Kier alpha value is -2.74. The Morgan fingerprint density at radius 3 is 2.82 bits per heavy atom. The highest BCUT2D eigenvalue weighted by molar-refractivity contribution is 5.80. The zero-order valence-corrected chi connectivity index (χ0v) is 15.9. The van der Waals surface area contributed by atoms with Gasteiger partial charge in [0.2, 0.25) is 5.91 Å². The number of benzene rings is 1. The minimum absolute atomic E-state index is 0.0162. The largest absolute Gasteiger partial charge is 0.481 e. The quantitative estimate of drug-likeness (QED) is 0.687. The molecule has 1 fully saturated rings. The lowest BCUT2D eigenvalue weighted by Gasteiger charge is -2.43. The van der Waals surface area contributed by atoms with Crippen molar-refractivity contribution in [1.29, 1.82) is 0 Å². The van der Waals surface area contributed by atoms with Crippen LogP contribution in [-0.4, -0.2) is 56.2 Å². The van der Waals surface area contributed by atoms with Gasteiger partial charge < -0.3 is 20.1 Å². The molecule has 1 aromatic heterocycles. The number of aliphatic hydroxyl groups is 1. The first kappa shape index (κ1) is 20.0. The summed E-state index contributed by atoms with van der Waals surface area (Å²) in [6.07, 6.45) is 0.394. The van der Waals surface area contributed by atoms with Crippen molar-refractivity contribution < 1.29 is 19.8 Å². The molecule has 2 heterocycles. The number of aromatic amines is 1. The number of nitrogens with one attached hydrogen (secondary N) is 1. The summed E-state index contributed by atoms with van der Waals surface area (Å²) in [5, 5.41) is 20.0. The zero-order chi connectivity index (χ0) is 20.3. The van der Waals surface area contributed by atoms with Crippen molar-refractivity contribution in [3.05, 3.63) is 40.3 Å². The number of rotatable bonds is 6. The Morgan fingerprint density at radius 1 is 1.36 bits per heavy atom. The van der Waals surface area contributed by atoms with Crippen LogP contribution in [0.5, 0.6) is 0 Å². The van der Waals surface area contributed by atoms with Crippen molar-refractivity contribution in [2.45, 2.75) is 45.1 Å². The molecule has 28 heavy (non-hydrogen) atoms. The first-order valence-corrected chi connectivity index (χ1v) is 9.54. The van der Waals surface area contributed by atoms with Crippen LogP contribution in [0.3, 0.4) is 0 Å². The second-order valence-electron chi connectivity index (χ2n) is 7.36. The van der Waals surface area contributed by atoms with Crippen LogP contribution >= 0.6 is 0 Å². The number of hydrogen-bond acceptors (Lipinski definition) is 5. The van der Waals surface area contributed by atoms with Gasteiger partial charge in [0.15, 0.2) is 0 Å².